The fourth-order valence-corrected chi connectivity index (χ4v) is 5.28. The van der Waals surface area contributed by atoms with Crippen LogP contribution < -0.4 is 15.4 Å². The van der Waals surface area contributed by atoms with Gasteiger partial charge in [0.25, 0.3) is 5.91 Å². The Kier molecular flexibility index (Phi) is 9.26. The van der Waals surface area contributed by atoms with Crippen molar-refractivity contribution in [3.63, 3.8) is 0 Å². The van der Waals surface area contributed by atoms with Crippen molar-refractivity contribution in [1.29, 1.82) is 0 Å². The number of nitrogens with zero attached hydrogens (tertiary/aromatic N) is 2. The van der Waals surface area contributed by atoms with E-state index in [0.717, 1.165) is 12.1 Å². The standard InChI is InChI=1S/C32H36F4N4O4/c1-19-11-26(24-16-39-40(27(24)12-19)23-8-6-7-21(13-23)29(42)37-15-20(2)41)38-18-31(43,32(34,35)36)17-30(3,4)25-14-22(33)9-10-28(25)44-5/h6-14,16,20,38,41,43H,15,17-18H2,1-5H3,(H,37,42)/t20-,31?/m1/s1. The number of aliphatic hydroxyl groups excluding tert-OH is 1. The molecule has 12 heteroatoms. The Bertz CT molecular complexity index is 1650. The maximum atomic E-state index is 14.5. The van der Waals surface area contributed by atoms with Gasteiger partial charge in [0.15, 0.2) is 5.60 Å². The Labute approximate surface area is 252 Å². The van der Waals surface area contributed by atoms with Gasteiger partial charge in [-0.05, 0) is 79.8 Å². The van der Waals surface area contributed by atoms with Gasteiger partial charge in [-0.3, -0.25) is 4.79 Å². The predicted molar refractivity (Wildman–Crippen MR) is 160 cm³/mol. The number of anilines is 1. The average molecular weight is 617 g/mol. The van der Waals surface area contributed by atoms with Crippen molar-refractivity contribution in [2.45, 2.75) is 57.4 Å². The molecule has 8 nitrogen and oxygen atoms in total. The van der Waals surface area contributed by atoms with Crippen molar-refractivity contribution in [3.05, 3.63) is 83.3 Å². The lowest BCUT2D eigenvalue weighted by Gasteiger charge is -2.38. The van der Waals surface area contributed by atoms with Crippen LogP contribution in [0.2, 0.25) is 0 Å². The van der Waals surface area contributed by atoms with Gasteiger partial charge in [0.1, 0.15) is 11.6 Å². The van der Waals surface area contributed by atoms with E-state index < -0.39 is 42.1 Å². The molecule has 1 heterocycles. The van der Waals surface area contributed by atoms with E-state index in [-0.39, 0.29) is 23.8 Å². The van der Waals surface area contributed by atoms with E-state index in [2.05, 4.69) is 15.7 Å². The highest BCUT2D eigenvalue weighted by Crippen LogP contribution is 2.44. The van der Waals surface area contributed by atoms with E-state index in [9.17, 15) is 32.6 Å². The Morgan fingerprint density at radius 1 is 1.11 bits per heavy atom. The van der Waals surface area contributed by atoms with Gasteiger partial charge >= 0.3 is 6.18 Å². The van der Waals surface area contributed by atoms with Gasteiger partial charge in [0, 0.05) is 28.7 Å². The number of methoxy groups -OCH3 is 1. The van der Waals surface area contributed by atoms with Crippen LogP contribution >= 0.6 is 0 Å². The third-order valence-electron chi connectivity index (χ3n) is 7.47. The zero-order valence-electron chi connectivity index (χ0n) is 25.1. The highest BCUT2D eigenvalue weighted by Gasteiger charge is 2.56. The molecule has 1 unspecified atom stereocenters. The molecule has 3 aromatic carbocycles. The smallest absolute Gasteiger partial charge is 0.418 e. The molecule has 4 aromatic rings. The Morgan fingerprint density at radius 3 is 2.50 bits per heavy atom. The summed E-state index contributed by atoms with van der Waals surface area (Å²) in [7, 11) is 1.34. The molecule has 0 spiro atoms. The molecule has 0 saturated carbocycles. The molecule has 44 heavy (non-hydrogen) atoms. The monoisotopic (exact) mass is 616 g/mol. The molecule has 0 saturated heterocycles. The Hall–Kier alpha value is -4.16. The van der Waals surface area contributed by atoms with Crippen LogP contribution in [-0.4, -0.2) is 64.0 Å². The fraction of sp³-hybridized carbons (Fsp3) is 0.375. The van der Waals surface area contributed by atoms with Gasteiger partial charge in [0.05, 0.1) is 37.2 Å². The molecule has 0 aliphatic rings. The molecule has 0 bridgehead atoms. The normalized spacial score (nSPS) is 14.2. The summed E-state index contributed by atoms with van der Waals surface area (Å²) in [5, 5.41) is 31.0. The summed E-state index contributed by atoms with van der Waals surface area (Å²) in [6, 6.07) is 13.7. The van der Waals surface area contributed by atoms with Crippen molar-refractivity contribution >= 4 is 22.5 Å². The summed E-state index contributed by atoms with van der Waals surface area (Å²) in [6.07, 6.45) is -5.03. The van der Waals surface area contributed by atoms with Gasteiger partial charge in [0.2, 0.25) is 0 Å². The van der Waals surface area contributed by atoms with E-state index in [1.807, 2.05) is 6.07 Å². The van der Waals surface area contributed by atoms with Crippen LogP contribution in [0.5, 0.6) is 5.75 Å². The van der Waals surface area contributed by atoms with Crippen LogP contribution in [0, 0.1) is 12.7 Å². The quantitative estimate of drug-likeness (QED) is 0.162. The first-order valence-corrected chi connectivity index (χ1v) is 14.0. The summed E-state index contributed by atoms with van der Waals surface area (Å²) in [5.41, 5.74) is -1.86. The van der Waals surface area contributed by atoms with Crippen molar-refractivity contribution in [1.82, 2.24) is 15.1 Å². The number of aliphatic hydroxyl groups is 2. The molecule has 0 radical (unpaired) electrons. The van der Waals surface area contributed by atoms with E-state index in [0.29, 0.717) is 33.4 Å². The van der Waals surface area contributed by atoms with Gasteiger partial charge in [-0.2, -0.15) is 18.3 Å². The molecule has 2 atom stereocenters. The summed E-state index contributed by atoms with van der Waals surface area (Å²) in [6.45, 7) is 5.51. The lowest BCUT2D eigenvalue weighted by Crippen LogP contribution is -2.53. The third kappa shape index (κ3) is 6.97. The predicted octanol–water partition coefficient (Wildman–Crippen LogP) is 5.67. The lowest BCUT2D eigenvalue weighted by molar-refractivity contribution is -0.260. The first-order chi connectivity index (χ1) is 20.5. The molecule has 4 rings (SSSR count). The van der Waals surface area contributed by atoms with E-state index >= 15 is 0 Å². The maximum absolute atomic E-state index is 14.5. The number of aryl methyl sites for hydroxylation is 1. The number of carbonyl (C=O) groups is 1. The summed E-state index contributed by atoms with van der Waals surface area (Å²) in [5.74, 6) is -0.799. The Morgan fingerprint density at radius 2 is 1.84 bits per heavy atom. The van der Waals surface area contributed by atoms with Crippen LogP contribution in [0.4, 0.5) is 23.2 Å². The number of carbonyl (C=O) groups excluding carboxylic acids is 1. The number of hydrogen-bond acceptors (Lipinski definition) is 6. The molecule has 4 N–H and O–H groups in total. The number of fused-ring (bicyclic) bond motifs is 1. The second-order valence-electron chi connectivity index (χ2n) is 11.7. The highest BCUT2D eigenvalue weighted by atomic mass is 19.4. The molecule has 0 aliphatic carbocycles. The first kappa shape index (κ1) is 32.7. The highest BCUT2D eigenvalue weighted by molar-refractivity contribution is 5.96. The minimum absolute atomic E-state index is 0.0826. The van der Waals surface area contributed by atoms with Crippen molar-refractivity contribution < 1.29 is 37.3 Å². The zero-order chi connectivity index (χ0) is 32.4. The molecule has 1 aromatic heterocycles. The van der Waals surface area contributed by atoms with Crippen LogP contribution in [0.3, 0.4) is 0 Å². The van der Waals surface area contributed by atoms with Crippen LogP contribution in [0.15, 0.2) is 60.8 Å². The van der Waals surface area contributed by atoms with Gasteiger partial charge in [-0.1, -0.05) is 19.9 Å². The maximum Gasteiger partial charge on any atom is 0.418 e. The number of alkyl halides is 3. The number of hydrogen-bond donors (Lipinski definition) is 4. The number of nitrogens with one attached hydrogen (secondary N) is 2. The number of aromatic nitrogens is 2. The third-order valence-corrected chi connectivity index (χ3v) is 7.47. The van der Waals surface area contributed by atoms with Gasteiger partial charge < -0.3 is 25.6 Å². The van der Waals surface area contributed by atoms with Crippen LogP contribution in [-0.2, 0) is 5.41 Å². The van der Waals surface area contributed by atoms with Crippen LogP contribution in [0.25, 0.3) is 16.6 Å². The Balaban J connectivity index is 1.65. The van der Waals surface area contributed by atoms with E-state index in [4.69, 9.17) is 4.74 Å². The van der Waals surface area contributed by atoms with E-state index in [1.54, 1.807) is 48.9 Å². The summed E-state index contributed by atoms with van der Waals surface area (Å²) >= 11 is 0. The molecular weight excluding hydrogens is 580 g/mol. The lowest BCUT2D eigenvalue weighted by atomic mass is 9.74. The molecule has 0 fully saturated rings. The molecule has 236 valence electrons. The minimum Gasteiger partial charge on any atom is -0.496 e. The summed E-state index contributed by atoms with van der Waals surface area (Å²) < 4.78 is 64.4. The topological polar surface area (TPSA) is 109 Å². The van der Waals surface area contributed by atoms with Gasteiger partial charge in [-0.25, -0.2) is 9.07 Å². The molecule has 0 aliphatic heterocycles. The largest absolute Gasteiger partial charge is 0.496 e. The average Bonchev–Trinajstić information content (AvgIpc) is 3.37. The van der Waals surface area contributed by atoms with Crippen molar-refractivity contribution in [2.75, 3.05) is 25.5 Å². The first-order valence-electron chi connectivity index (χ1n) is 14.0. The zero-order valence-corrected chi connectivity index (χ0v) is 25.1. The summed E-state index contributed by atoms with van der Waals surface area (Å²) in [4.78, 5) is 12.5. The fourth-order valence-electron chi connectivity index (χ4n) is 5.28. The second-order valence-corrected chi connectivity index (χ2v) is 11.7. The second kappa shape index (κ2) is 12.4. The van der Waals surface area contributed by atoms with Crippen molar-refractivity contribution in [3.8, 4) is 11.4 Å². The van der Waals surface area contributed by atoms with E-state index in [1.165, 1.54) is 33.2 Å². The number of benzene rings is 3. The minimum atomic E-state index is -5.03. The SMILES string of the molecule is COc1ccc(F)cc1C(C)(C)CC(O)(CNc1cc(C)cc2c1cnn2-c1cccc(C(=O)NC[C@@H](C)O)c1)C(F)(F)F. The molecular formula is C32H36F4N4O4. The molecule has 1 amide bonds. The number of halogens is 4. The van der Waals surface area contributed by atoms with Crippen LogP contribution in [0.1, 0.15) is 48.7 Å². The van der Waals surface area contributed by atoms with Crippen molar-refractivity contribution in [2.24, 2.45) is 0 Å². The number of rotatable bonds is 11. The van der Waals surface area contributed by atoms with Gasteiger partial charge in [-0.15, -0.1) is 0 Å². The number of ether oxygens (including phenoxy) is 1. The number of amides is 1.